The average molecular weight is 865 g/mol. The number of fused-ring (bicyclic) bond motifs is 5. The largest absolute Gasteiger partial charge is 0.508 e. The van der Waals surface area contributed by atoms with Gasteiger partial charge in [-0.25, -0.2) is 18.0 Å². The predicted octanol–water partition coefficient (Wildman–Crippen LogP) is 8.05. The van der Waals surface area contributed by atoms with Crippen molar-refractivity contribution in [3.8, 4) is 35.4 Å². The first-order valence-electron chi connectivity index (χ1n) is 22.6. The number of benzene rings is 2. The van der Waals surface area contributed by atoms with Crippen LogP contribution in [0.15, 0.2) is 30.5 Å². The molecule has 1 amide bonds. The van der Waals surface area contributed by atoms with Gasteiger partial charge in [0.15, 0.2) is 5.82 Å². The first-order chi connectivity index (χ1) is 30.4. The topological polar surface area (TPSA) is 130 Å². The lowest BCUT2D eigenvalue weighted by molar-refractivity contribution is -0.173. The van der Waals surface area contributed by atoms with Gasteiger partial charge in [-0.15, -0.1) is 6.42 Å². The summed E-state index contributed by atoms with van der Waals surface area (Å²) in [5, 5.41) is 11.6. The van der Waals surface area contributed by atoms with Crippen LogP contribution >= 0.6 is 0 Å². The quantitative estimate of drug-likeness (QED) is 0.0997. The molecule has 4 aliphatic heterocycles. The Balaban J connectivity index is 0.869. The van der Waals surface area contributed by atoms with E-state index < -0.39 is 35.7 Å². The SMILES string of the molecule is C#Cc1c(F)ccc2cc(O)cc(-c3ncc4c(N5CC6CCC(C5)N6C(=O)OC(C)OC(=O)CC56CC7CC(CC(C7)C5)C6)nc(OC[C@@]56CCCN5C[C@H](F)C6)nc4c3F)c12. The second-order valence-electron chi connectivity index (χ2n) is 19.8. The van der Waals surface area contributed by atoms with E-state index in [9.17, 15) is 19.1 Å². The van der Waals surface area contributed by atoms with Crippen LogP contribution in [0.4, 0.5) is 23.8 Å². The normalized spacial score (nSPS) is 31.1. The number of piperazine rings is 1. The number of aromatic hydroxyl groups is 1. The molecule has 5 atom stereocenters. The number of amides is 1. The Hall–Kier alpha value is -5.36. The summed E-state index contributed by atoms with van der Waals surface area (Å²) in [6.07, 6.45) is 15.4. The van der Waals surface area contributed by atoms with Gasteiger partial charge in [0.05, 0.1) is 35.0 Å². The summed E-state index contributed by atoms with van der Waals surface area (Å²) in [6.45, 7) is 3.43. The number of carbonyl (C=O) groups excluding carboxylic acids is 2. The Morgan fingerprint density at radius 2 is 1.73 bits per heavy atom. The van der Waals surface area contributed by atoms with Crippen LogP contribution in [-0.4, -0.2) is 105 Å². The highest BCUT2D eigenvalue weighted by Gasteiger charge is 2.53. The number of aromatic nitrogens is 3. The Kier molecular flexibility index (Phi) is 9.71. The number of pyridine rings is 1. The monoisotopic (exact) mass is 864 g/mol. The van der Waals surface area contributed by atoms with Gasteiger partial charge < -0.3 is 24.2 Å². The molecule has 330 valence electrons. The number of hydrogen-bond donors (Lipinski definition) is 1. The fourth-order valence-electron chi connectivity index (χ4n) is 13.6. The van der Waals surface area contributed by atoms with Gasteiger partial charge in [0.2, 0.25) is 6.29 Å². The number of terminal acetylenes is 1. The average Bonchev–Trinajstić information content (AvgIpc) is 3.85. The number of phenolic OH excluding ortho intramolecular Hbond substituents is 1. The summed E-state index contributed by atoms with van der Waals surface area (Å²) in [5.74, 6) is 2.79. The molecule has 63 heavy (non-hydrogen) atoms. The molecule has 8 fully saturated rings. The van der Waals surface area contributed by atoms with Crippen molar-refractivity contribution < 1.29 is 42.1 Å². The van der Waals surface area contributed by atoms with E-state index in [1.165, 1.54) is 49.7 Å². The smallest absolute Gasteiger partial charge is 0.413 e. The lowest BCUT2D eigenvalue weighted by Crippen LogP contribution is -2.56. The van der Waals surface area contributed by atoms with Crippen LogP contribution in [-0.2, 0) is 14.3 Å². The molecule has 4 aliphatic carbocycles. The number of rotatable bonds is 9. The number of halogens is 3. The van der Waals surface area contributed by atoms with Crippen molar-refractivity contribution in [3.63, 3.8) is 0 Å². The van der Waals surface area contributed by atoms with Crippen LogP contribution in [0.1, 0.15) is 89.5 Å². The van der Waals surface area contributed by atoms with E-state index in [4.69, 9.17) is 25.6 Å². The minimum atomic E-state index is -1.05. The molecule has 12 rings (SSSR count). The molecule has 4 aromatic rings. The van der Waals surface area contributed by atoms with Gasteiger partial charge in [-0.3, -0.25) is 19.6 Å². The van der Waals surface area contributed by atoms with Crippen LogP contribution in [0, 0.1) is 47.1 Å². The first-order valence-corrected chi connectivity index (χ1v) is 22.6. The molecule has 4 saturated carbocycles. The van der Waals surface area contributed by atoms with Crippen LogP contribution in [0.2, 0.25) is 0 Å². The van der Waals surface area contributed by atoms with E-state index in [0.29, 0.717) is 74.3 Å². The van der Waals surface area contributed by atoms with E-state index >= 15 is 8.78 Å². The molecule has 4 saturated heterocycles. The van der Waals surface area contributed by atoms with Gasteiger partial charge in [-0.05, 0) is 118 Å². The lowest BCUT2D eigenvalue weighted by Gasteiger charge is -2.56. The summed E-state index contributed by atoms with van der Waals surface area (Å²) >= 11 is 0. The van der Waals surface area contributed by atoms with Crippen molar-refractivity contribution >= 4 is 39.6 Å². The molecular weight excluding hydrogens is 814 g/mol. The molecule has 3 unspecified atom stereocenters. The molecule has 8 aliphatic rings. The third kappa shape index (κ3) is 6.98. The van der Waals surface area contributed by atoms with E-state index in [1.807, 2.05) is 4.90 Å². The zero-order valence-electron chi connectivity index (χ0n) is 35.3. The number of alkyl halides is 1. The van der Waals surface area contributed by atoms with Crippen molar-refractivity contribution in [1.82, 2.24) is 24.8 Å². The summed E-state index contributed by atoms with van der Waals surface area (Å²) in [7, 11) is 0. The number of ether oxygens (including phenoxy) is 3. The minimum Gasteiger partial charge on any atom is -0.508 e. The van der Waals surface area contributed by atoms with Crippen molar-refractivity contribution in [2.75, 3.05) is 37.7 Å². The highest BCUT2D eigenvalue weighted by atomic mass is 19.1. The molecule has 6 bridgehead atoms. The minimum absolute atomic E-state index is 0.00931. The van der Waals surface area contributed by atoms with E-state index in [-0.39, 0.29) is 74.9 Å². The fraction of sp³-hybridized carbons (Fsp3) is 0.562. The molecule has 0 radical (unpaired) electrons. The number of hydrogen-bond acceptors (Lipinski definition) is 11. The van der Waals surface area contributed by atoms with Crippen molar-refractivity contribution in [3.05, 3.63) is 47.7 Å². The second-order valence-corrected chi connectivity index (χ2v) is 19.8. The van der Waals surface area contributed by atoms with Crippen LogP contribution in [0.3, 0.4) is 0 Å². The van der Waals surface area contributed by atoms with Crippen molar-refractivity contribution in [2.24, 2.45) is 23.2 Å². The zero-order valence-corrected chi connectivity index (χ0v) is 35.3. The summed E-state index contributed by atoms with van der Waals surface area (Å²) in [5.41, 5.74) is -0.868. The summed E-state index contributed by atoms with van der Waals surface area (Å²) in [4.78, 5) is 46.8. The molecule has 0 spiro atoms. The highest BCUT2D eigenvalue weighted by molar-refractivity contribution is 6.03. The maximum Gasteiger partial charge on any atom is 0.413 e. The Morgan fingerprint density at radius 3 is 2.44 bits per heavy atom. The van der Waals surface area contributed by atoms with Crippen LogP contribution < -0.4 is 9.64 Å². The molecule has 15 heteroatoms. The molecule has 2 aromatic carbocycles. The third-order valence-corrected chi connectivity index (χ3v) is 15.6. The molecule has 12 nitrogen and oxygen atoms in total. The molecule has 1 N–H and O–H groups in total. The predicted molar refractivity (Wildman–Crippen MR) is 226 cm³/mol. The van der Waals surface area contributed by atoms with Gasteiger partial charge in [0.1, 0.15) is 41.4 Å². The number of esters is 1. The second kappa shape index (κ2) is 15.1. The standard InChI is InChI=1S/C48H51F3N6O6/c1-3-35-38(50)8-5-30-14-34(58)15-36(40(30)35)42-41(51)43-37(21-52-42)44(54-45(53-43)61-25-48-9-4-10-56(48)22-31(49)19-48)55-23-32-6-7-33(24-55)57(32)46(60)63-26(2)62-39(59)20-47-16-27-11-28(17-47)13-29(12-27)18-47/h1,5,8,14-15,21,26-29,31-33,58H,4,6-7,9-13,16-20,22-25H2,2H3/t26?,27?,28?,29?,31-,32?,33?,47?,48+/m1/s1. The van der Waals surface area contributed by atoms with Crippen LogP contribution in [0.25, 0.3) is 32.9 Å². The molecule has 2 aromatic heterocycles. The number of anilines is 1. The fourth-order valence-corrected chi connectivity index (χ4v) is 13.6. The van der Waals surface area contributed by atoms with Gasteiger partial charge in [-0.2, -0.15) is 9.97 Å². The summed E-state index contributed by atoms with van der Waals surface area (Å²) in [6, 6.07) is 4.67. The summed E-state index contributed by atoms with van der Waals surface area (Å²) < 4.78 is 64.9. The van der Waals surface area contributed by atoms with E-state index in [1.54, 1.807) is 11.8 Å². The van der Waals surface area contributed by atoms with Crippen LogP contribution in [0.5, 0.6) is 11.8 Å². The van der Waals surface area contributed by atoms with Gasteiger partial charge in [0, 0.05) is 50.1 Å². The molecule has 6 heterocycles. The maximum absolute atomic E-state index is 17.2. The van der Waals surface area contributed by atoms with E-state index in [0.717, 1.165) is 38.6 Å². The first kappa shape index (κ1) is 40.4. The molecular formula is C48H51F3N6O6. The van der Waals surface area contributed by atoms with Gasteiger partial charge in [-0.1, -0.05) is 12.0 Å². The highest BCUT2D eigenvalue weighted by Crippen LogP contribution is 2.61. The lowest BCUT2D eigenvalue weighted by atomic mass is 9.49. The maximum atomic E-state index is 17.2. The van der Waals surface area contributed by atoms with Crippen molar-refractivity contribution in [1.29, 1.82) is 0 Å². The third-order valence-electron chi connectivity index (χ3n) is 15.6. The van der Waals surface area contributed by atoms with Gasteiger partial charge in [0.25, 0.3) is 0 Å². The number of carbonyl (C=O) groups is 2. The Bertz CT molecular complexity index is 2540. The van der Waals surface area contributed by atoms with Crippen molar-refractivity contribution in [2.45, 2.75) is 114 Å². The van der Waals surface area contributed by atoms with Gasteiger partial charge >= 0.3 is 18.1 Å². The Morgan fingerprint density at radius 1 is 1.00 bits per heavy atom. The van der Waals surface area contributed by atoms with E-state index in [2.05, 4.69) is 20.8 Å². The number of nitrogens with zero attached hydrogens (tertiary/aromatic N) is 6. The number of phenols is 1. The Labute approximate surface area is 363 Å². The zero-order chi connectivity index (χ0) is 43.4.